The van der Waals surface area contributed by atoms with Crippen molar-refractivity contribution < 1.29 is 0 Å². The summed E-state index contributed by atoms with van der Waals surface area (Å²) in [6, 6.07) is 1.55. The Morgan fingerprint density at radius 3 is 2.72 bits per heavy atom. The number of nitrogens with two attached hydrogens (primary N) is 1. The first-order valence-corrected chi connectivity index (χ1v) is 6.26. The van der Waals surface area contributed by atoms with Gasteiger partial charge in [-0.15, -0.1) is 10.2 Å². The molecule has 0 amide bonds. The molecule has 0 radical (unpaired) electrons. The maximum Gasteiger partial charge on any atom is 0.267 e. The summed E-state index contributed by atoms with van der Waals surface area (Å²) in [6.45, 7) is 0.198. The number of hydrogen-bond donors (Lipinski definition) is 1. The minimum atomic E-state index is 0.198. The van der Waals surface area contributed by atoms with Crippen molar-refractivity contribution >= 4 is 24.0 Å². The van der Waals surface area contributed by atoms with Crippen LogP contribution in [0.2, 0.25) is 17.8 Å². The van der Waals surface area contributed by atoms with Crippen molar-refractivity contribution in [3.8, 4) is 17.8 Å². The first kappa shape index (κ1) is 12.7. The van der Waals surface area contributed by atoms with E-state index >= 15 is 0 Å². The molecule has 0 saturated carbocycles. The highest BCUT2D eigenvalue weighted by molar-refractivity contribution is 6.67. The fourth-order valence-electron chi connectivity index (χ4n) is 2.02. The lowest BCUT2D eigenvalue weighted by molar-refractivity contribution is 0.596. The number of hydrogen-bond acceptors (Lipinski definition) is 4. The van der Waals surface area contributed by atoms with E-state index in [4.69, 9.17) is 22.6 Å². The van der Waals surface area contributed by atoms with E-state index in [0.29, 0.717) is 17.3 Å². The van der Waals surface area contributed by atoms with Crippen molar-refractivity contribution in [2.24, 2.45) is 5.92 Å². The zero-order chi connectivity index (χ0) is 13.0. The van der Waals surface area contributed by atoms with Crippen LogP contribution in [0.25, 0.3) is 0 Å². The topological polar surface area (TPSA) is 75.6 Å². The van der Waals surface area contributed by atoms with Crippen molar-refractivity contribution in [2.45, 2.75) is 25.5 Å². The summed E-state index contributed by atoms with van der Waals surface area (Å²) in [4.78, 5) is 0. The van der Waals surface area contributed by atoms with Gasteiger partial charge in [0.25, 0.3) is 6.71 Å². The molecule has 1 aromatic heterocycles. The quantitative estimate of drug-likeness (QED) is 0.571. The van der Waals surface area contributed by atoms with Crippen LogP contribution in [0.15, 0.2) is 6.07 Å². The van der Waals surface area contributed by atoms with Crippen LogP contribution in [0.1, 0.15) is 18.5 Å². The number of aromatic nitrogens is 2. The molecule has 2 heterocycles. The maximum absolute atomic E-state index is 8.81. The molecule has 0 spiro atoms. The first-order chi connectivity index (χ1) is 8.69. The number of anilines is 1. The van der Waals surface area contributed by atoms with Gasteiger partial charge >= 0.3 is 0 Å². The summed E-state index contributed by atoms with van der Waals surface area (Å²) in [5.41, 5.74) is 6.67. The van der Waals surface area contributed by atoms with E-state index in [0.717, 1.165) is 25.5 Å². The van der Waals surface area contributed by atoms with Gasteiger partial charge in [0, 0.05) is 18.0 Å². The van der Waals surface area contributed by atoms with E-state index in [-0.39, 0.29) is 11.9 Å². The van der Waals surface area contributed by atoms with Gasteiger partial charge < -0.3 is 5.73 Å². The molecule has 1 aliphatic rings. The number of rotatable bonds is 0. The Morgan fingerprint density at radius 1 is 1.39 bits per heavy atom. The first-order valence-electron chi connectivity index (χ1n) is 5.89. The molecule has 1 aliphatic heterocycles. The molecular formula is C12H12BClN4. The molecule has 0 aliphatic carbocycles. The monoisotopic (exact) mass is 258 g/mol. The molecule has 0 unspecified atom stereocenters. The summed E-state index contributed by atoms with van der Waals surface area (Å²) in [5.74, 6) is 8.74. The van der Waals surface area contributed by atoms with Gasteiger partial charge in [0.2, 0.25) is 0 Å². The molecule has 0 atom stereocenters. The lowest BCUT2D eigenvalue weighted by Crippen LogP contribution is -2.19. The van der Waals surface area contributed by atoms with Gasteiger partial charge in [0.1, 0.15) is 0 Å². The van der Waals surface area contributed by atoms with Gasteiger partial charge in [-0.25, -0.2) is 5.26 Å². The molecule has 18 heavy (non-hydrogen) atoms. The second kappa shape index (κ2) is 5.75. The van der Waals surface area contributed by atoms with E-state index < -0.39 is 0 Å². The number of halogens is 1. The third kappa shape index (κ3) is 3.15. The molecule has 0 aromatic carbocycles. The molecule has 1 saturated heterocycles. The smallest absolute Gasteiger partial charge is 0.267 e. The van der Waals surface area contributed by atoms with E-state index in [9.17, 15) is 0 Å². The number of nitrogens with zero attached hydrogens (tertiary/aromatic N) is 3. The third-order valence-electron chi connectivity index (χ3n) is 3.10. The maximum atomic E-state index is 8.81. The van der Waals surface area contributed by atoms with Crippen LogP contribution in [0.5, 0.6) is 0 Å². The minimum Gasteiger partial charge on any atom is -0.396 e. The summed E-state index contributed by atoms with van der Waals surface area (Å²) in [7, 11) is 0. The molecule has 1 aromatic rings. The van der Waals surface area contributed by atoms with Crippen LogP contribution in [0, 0.1) is 29.0 Å². The van der Waals surface area contributed by atoms with Crippen LogP contribution in [0.4, 0.5) is 5.69 Å². The second-order valence-corrected chi connectivity index (χ2v) is 4.81. The second-order valence-electron chi connectivity index (χ2n) is 4.42. The van der Waals surface area contributed by atoms with Gasteiger partial charge in [-0.3, -0.25) is 0 Å². The van der Waals surface area contributed by atoms with Crippen molar-refractivity contribution in [3.63, 3.8) is 0 Å². The van der Waals surface area contributed by atoms with Crippen LogP contribution in [0.3, 0.4) is 0 Å². The average Bonchev–Trinajstić information content (AvgIpc) is 2.38. The SMILES string of the molecule is N#CB1CCC(C#Cc2nnc(Cl)cc2N)CC1. The molecule has 2 rings (SSSR count). The molecule has 0 bridgehead atoms. The summed E-state index contributed by atoms with van der Waals surface area (Å²) < 4.78 is 0. The van der Waals surface area contributed by atoms with E-state index in [2.05, 4.69) is 28.0 Å². The number of nitriles is 1. The highest BCUT2D eigenvalue weighted by Crippen LogP contribution is 2.24. The van der Waals surface area contributed by atoms with Crippen molar-refractivity contribution in [1.82, 2.24) is 10.2 Å². The zero-order valence-electron chi connectivity index (χ0n) is 9.86. The third-order valence-corrected chi connectivity index (χ3v) is 3.28. The van der Waals surface area contributed by atoms with Crippen LogP contribution in [-0.4, -0.2) is 16.9 Å². The summed E-state index contributed by atoms with van der Waals surface area (Å²) >= 11 is 5.67. The van der Waals surface area contributed by atoms with Gasteiger partial charge in [-0.05, 0) is 18.8 Å². The molecule has 2 N–H and O–H groups in total. The lowest BCUT2D eigenvalue weighted by atomic mass is 9.42. The predicted octanol–water partition coefficient (Wildman–Crippen LogP) is 2.03. The zero-order valence-corrected chi connectivity index (χ0v) is 10.6. The molecule has 4 nitrogen and oxygen atoms in total. The van der Waals surface area contributed by atoms with Crippen molar-refractivity contribution in [1.29, 1.82) is 5.26 Å². The van der Waals surface area contributed by atoms with Crippen molar-refractivity contribution in [2.75, 3.05) is 5.73 Å². The molecule has 1 fully saturated rings. The molecule has 90 valence electrons. The highest BCUT2D eigenvalue weighted by Gasteiger charge is 2.22. The normalized spacial score (nSPS) is 15.7. The highest BCUT2D eigenvalue weighted by atomic mass is 35.5. The Bertz CT molecular complexity index is 535. The van der Waals surface area contributed by atoms with E-state index in [1.54, 1.807) is 6.07 Å². The van der Waals surface area contributed by atoms with Crippen LogP contribution in [-0.2, 0) is 0 Å². The fraction of sp³-hybridized carbons (Fsp3) is 0.417. The summed E-state index contributed by atoms with van der Waals surface area (Å²) in [6.07, 6.45) is 3.79. The lowest BCUT2D eigenvalue weighted by Gasteiger charge is -2.17. The largest absolute Gasteiger partial charge is 0.396 e. The average molecular weight is 259 g/mol. The van der Waals surface area contributed by atoms with Crippen LogP contribution < -0.4 is 5.73 Å². The van der Waals surface area contributed by atoms with Gasteiger partial charge in [0.05, 0.1) is 5.69 Å². The fourth-order valence-corrected chi connectivity index (χ4v) is 2.17. The molecular weight excluding hydrogens is 246 g/mol. The minimum absolute atomic E-state index is 0.198. The van der Waals surface area contributed by atoms with E-state index in [1.807, 2.05) is 0 Å². The van der Waals surface area contributed by atoms with Gasteiger partial charge in [0.15, 0.2) is 10.8 Å². The number of nitrogen functional groups attached to an aromatic ring is 1. The predicted molar refractivity (Wildman–Crippen MR) is 72.0 cm³/mol. The van der Waals surface area contributed by atoms with Gasteiger partial charge in [-0.1, -0.05) is 30.2 Å². The van der Waals surface area contributed by atoms with Gasteiger partial charge in [-0.2, -0.15) is 0 Å². The Labute approximate surface area is 112 Å². The Kier molecular flexibility index (Phi) is 4.07. The van der Waals surface area contributed by atoms with E-state index in [1.165, 1.54) is 0 Å². The standard InChI is InChI=1S/C12H12BClN4/c14-12-7-10(16)11(17-18-12)2-1-9-3-5-13(8-15)6-4-9/h7,9H,3-6H2,(H2,16,18). The Balaban J connectivity index is 2.02. The van der Waals surface area contributed by atoms with Crippen molar-refractivity contribution in [3.05, 3.63) is 16.9 Å². The Morgan fingerprint density at radius 2 is 2.11 bits per heavy atom. The Hall–Kier alpha value is -1.72. The van der Waals surface area contributed by atoms with Crippen LogP contribution >= 0.6 is 11.6 Å². The molecule has 6 heteroatoms. The summed E-state index contributed by atoms with van der Waals surface area (Å²) in [5, 5.41) is 16.7.